The van der Waals surface area contributed by atoms with Crippen molar-refractivity contribution in [2.24, 2.45) is 0 Å². The Hall–Kier alpha value is -2.24. The van der Waals surface area contributed by atoms with E-state index in [-0.39, 0.29) is 5.69 Å². The zero-order valence-corrected chi connectivity index (χ0v) is 12.9. The van der Waals surface area contributed by atoms with Crippen LogP contribution in [-0.4, -0.2) is 9.91 Å². The highest BCUT2D eigenvalue weighted by Crippen LogP contribution is 2.39. The quantitative estimate of drug-likeness (QED) is 0.489. The average molecular weight is 330 g/mol. The lowest BCUT2D eigenvalue weighted by Gasteiger charge is -2.11. The Balaban J connectivity index is 2.27. The molecule has 0 aliphatic heterocycles. The van der Waals surface area contributed by atoms with Crippen LogP contribution < -0.4 is 0 Å². The molecule has 0 saturated carbocycles. The Kier molecular flexibility index (Phi) is 3.92. The summed E-state index contributed by atoms with van der Waals surface area (Å²) in [6, 6.07) is 8.52. The molecule has 0 bridgehead atoms. The number of halogens is 1. The van der Waals surface area contributed by atoms with Crippen molar-refractivity contribution < 1.29 is 4.92 Å². The van der Waals surface area contributed by atoms with Gasteiger partial charge in [-0.15, -0.1) is 11.3 Å². The van der Waals surface area contributed by atoms with Crippen LogP contribution in [0.1, 0.15) is 5.56 Å². The van der Waals surface area contributed by atoms with E-state index < -0.39 is 4.92 Å². The number of nitro benzene ring substituents is 1. The minimum Gasteiger partial charge on any atom is -0.265 e. The van der Waals surface area contributed by atoms with Crippen molar-refractivity contribution in [3.63, 3.8) is 0 Å². The summed E-state index contributed by atoms with van der Waals surface area (Å²) in [7, 11) is 0. The molecule has 1 radical (unpaired) electrons. The predicted octanol–water partition coefficient (Wildman–Crippen LogP) is 5.22. The Morgan fingerprint density at radius 1 is 1.18 bits per heavy atom. The first-order valence-corrected chi connectivity index (χ1v) is 7.62. The molecule has 4 nitrogen and oxygen atoms in total. The highest BCUT2D eigenvalue weighted by atomic mass is 35.5. The fraction of sp³-hybridized carbons (Fsp3) is 0. The van der Waals surface area contributed by atoms with E-state index in [1.807, 2.05) is 11.4 Å². The minimum atomic E-state index is -0.394. The van der Waals surface area contributed by atoms with Crippen molar-refractivity contribution in [3.05, 3.63) is 75.0 Å². The standard InChI is InChI=1S/C16H10ClN2O2S/c1-10-13(12-8-15(17)22-9-12)2-3-14(19(20)21)16(10)11-4-6-18-7-5-11/h2-9H,1H2. The maximum absolute atomic E-state index is 11.3. The van der Waals surface area contributed by atoms with Crippen molar-refractivity contribution >= 4 is 28.6 Å². The van der Waals surface area contributed by atoms with Gasteiger partial charge in [-0.05, 0) is 53.4 Å². The van der Waals surface area contributed by atoms with Crippen LogP contribution in [0.5, 0.6) is 0 Å². The highest BCUT2D eigenvalue weighted by Gasteiger charge is 2.20. The van der Waals surface area contributed by atoms with Gasteiger partial charge in [0.25, 0.3) is 5.69 Å². The first kappa shape index (κ1) is 14.7. The van der Waals surface area contributed by atoms with Gasteiger partial charge in [0.05, 0.1) is 14.8 Å². The van der Waals surface area contributed by atoms with Crippen LogP contribution in [0.3, 0.4) is 0 Å². The molecule has 2 aromatic heterocycles. The van der Waals surface area contributed by atoms with Gasteiger partial charge < -0.3 is 0 Å². The summed E-state index contributed by atoms with van der Waals surface area (Å²) in [5.74, 6) is 0. The van der Waals surface area contributed by atoms with Crippen LogP contribution in [0.4, 0.5) is 5.69 Å². The third-order valence-corrected chi connectivity index (χ3v) is 4.43. The molecule has 3 rings (SSSR count). The topological polar surface area (TPSA) is 56.0 Å². The molecule has 22 heavy (non-hydrogen) atoms. The van der Waals surface area contributed by atoms with Gasteiger partial charge in [0.2, 0.25) is 0 Å². The molecule has 1 aromatic carbocycles. The highest BCUT2D eigenvalue weighted by molar-refractivity contribution is 7.14. The van der Waals surface area contributed by atoms with E-state index in [2.05, 4.69) is 11.9 Å². The first-order chi connectivity index (χ1) is 10.6. The van der Waals surface area contributed by atoms with Crippen LogP contribution in [0.15, 0.2) is 48.1 Å². The van der Waals surface area contributed by atoms with E-state index >= 15 is 0 Å². The minimum absolute atomic E-state index is 0.0290. The van der Waals surface area contributed by atoms with Crippen LogP contribution in [0, 0.1) is 17.0 Å². The van der Waals surface area contributed by atoms with Crippen molar-refractivity contribution in [1.29, 1.82) is 0 Å². The molecule has 0 aliphatic rings. The van der Waals surface area contributed by atoms with Gasteiger partial charge >= 0.3 is 0 Å². The van der Waals surface area contributed by atoms with Gasteiger partial charge in [0.1, 0.15) is 0 Å². The lowest BCUT2D eigenvalue weighted by molar-refractivity contribution is -0.384. The number of hydrogen-bond donors (Lipinski definition) is 0. The van der Waals surface area contributed by atoms with Gasteiger partial charge in [-0.1, -0.05) is 11.6 Å². The SMILES string of the molecule is [CH2]c1c(-c2csc(Cl)c2)ccc([N+](=O)[O-])c1-c1ccncc1. The lowest BCUT2D eigenvalue weighted by atomic mass is 9.93. The van der Waals surface area contributed by atoms with Crippen molar-refractivity contribution in [1.82, 2.24) is 4.98 Å². The summed E-state index contributed by atoms with van der Waals surface area (Å²) in [5, 5.41) is 13.3. The molecule has 0 atom stereocenters. The maximum Gasteiger partial charge on any atom is 0.277 e. The molecule has 0 spiro atoms. The third kappa shape index (κ3) is 2.61. The van der Waals surface area contributed by atoms with E-state index in [4.69, 9.17) is 11.6 Å². The van der Waals surface area contributed by atoms with Gasteiger partial charge in [0, 0.05) is 23.8 Å². The normalized spacial score (nSPS) is 10.6. The molecule has 0 unspecified atom stereocenters. The van der Waals surface area contributed by atoms with Crippen LogP contribution in [0.2, 0.25) is 4.34 Å². The van der Waals surface area contributed by atoms with E-state index in [1.165, 1.54) is 17.4 Å². The van der Waals surface area contributed by atoms with Gasteiger partial charge in [-0.25, -0.2) is 0 Å². The Morgan fingerprint density at radius 2 is 1.91 bits per heavy atom. The number of aromatic nitrogens is 1. The van der Waals surface area contributed by atoms with Crippen molar-refractivity contribution in [2.45, 2.75) is 0 Å². The molecule has 2 heterocycles. The molecule has 0 fully saturated rings. The number of rotatable bonds is 3. The molecule has 3 aromatic rings. The van der Waals surface area contributed by atoms with Gasteiger partial charge in [0.15, 0.2) is 0 Å². The monoisotopic (exact) mass is 329 g/mol. The molecular formula is C16H10ClN2O2S. The summed E-state index contributed by atoms with van der Waals surface area (Å²) < 4.78 is 0.665. The molecule has 0 aliphatic carbocycles. The number of thiophene rings is 1. The van der Waals surface area contributed by atoms with Gasteiger partial charge in [-0.2, -0.15) is 0 Å². The lowest BCUT2D eigenvalue weighted by Crippen LogP contribution is -1.96. The molecule has 109 valence electrons. The number of nitrogens with zero attached hydrogens (tertiary/aromatic N) is 2. The first-order valence-electron chi connectivity index (χ1n) is 6.36. The molecule has 6 heteroatoms. The van der Waals surface area contributed by atoms with Crippen LogP contribution in [0.25, 0.3) is 22.3 Å². The smallest absolute Gasteiger partial charge is 0.265 e. The summed E-state index contributed by atoms with van der Waals surface area (Å²) >= 11 is 7.40. The molecular weight excluding hydrogens is 320 g/mol. The molecule has 0 amide bonds. The Bertz CT molecular complexity index is 847. The molecule has 0 N–H and O–H groups in total. The Labute approximate surface area is 136 Å². The summed E-state index contributed by atoms with van der Waals surface area (Å²) in [4.78, 5) is 14.9. The zero-order valence-electron chi connectivity index (χ0n) is 11.3. The van der Waals surface area contributed by atoms with E-state index in [0.717, 1.165) is 16.7 Å². The number of pyridine rings is 1. The largest absolute Gasteiger partial charge is 0.277 e. The number of nitro groups is 1. The van der Waals surface area contributed by atoms with Crippen LogP contribution >= 0.6 is 22.9 Å². The van der Waals surface area contributed by atoms with E-state index in [1.54, 1.807) is 30.6 Å². The zero-order chi connectivity index (χ0) is 15.7. The van der Waals surface area contributed by atoms with Crippen molar-refractivity contribution in [3.8, 4) is 22.3 Å². The molecule has 0 saturated heterocycles. The number of benzene rings is 1. The summed E-state index contributed by atoms with van der Waals surface area (Å²) in [5.41, 5.74) is 3.60. The van der Waals surface area contributed by atoms with Gasteiger partial charge in [-0.3, -0.25) is 15.1 Å². The van der Waals surface area contributed by atoms with E-state index in [0.29, 0.717) is 15.5 Å². The maximum atomic E-state index is 11.3. The Morgan fingerprint density at radius 3 is 2.50 bits per heavy atom. The van der Waals surface area contributed by atoms with Crippen molar-refractivity contribution in [2.75, 3.05) is 0 Å². The second-order valence-corrected chi connectivity index (χ2v) is 6.16. The summed E-state index contributed by atoms with van der Waals surface area (Å²) in [6.07, 6.45) is 3.21. The third-order valence-electron chi connectivity index (χ3n) is 3.34. The predicted molar refractivity (Wildman–Crippen MR) is 89.1 cm³/mol. The summed E-state index contributed by atoms with van der Waals surface area (Å²) in [6.45, 7) is 4.06. The fourth-order valence-electron chi connectivity index (χ4n) is 2.35. The average Bonchev–Trinajstić information content (AvgIpc) is 2.94. The fourth-order valence-corrected chi connectivity index (χ4v) is 3.23. The second kappa shape index (κ2) is 5.87. The second-order valence-electron chi connectivity index (χ2n) is 4.62. The van der Waals surface area contributed by atoms with Crippen LogP contribution in [-0.2, 0) is 0 Å². The van der Waals surface area contributed by atoms with E-state index in [9.17, 15) is 10.1 Å². The number of hydrogen-bond acceptors (Lipinski definition) is 4.